The van der Waals surface area contributed by atoms with Gasteiger partial charge in [-0.15, -0.1) is 0 Å². The van der Waals surface area contributed by atoms with Gasteiger partial charge in [0.15, 0.2) is 0 Å². The lowest BCUT2D eigenvalue weighted by molar-refractivity contribution is 0.0732. The molecule has 0 saturated carbocycles. The van der Waals surface area contributed by atoms with E-state index in [0.717, 1.165) is 12.8 Å². The van der Waals surface area contributed by atoms with Crippen molar-refractivity contribution < 1.29 is 5.11 Å². The third-order valence-corrected chi connectivity index (χ3v) is 2.58. The minimum Gasteiger partial charge on any atom is -0.392 e. The minimum atomic E-state index is -0.330. The largest absolute Gasteiger partial charge is 0.392 e. The summed E-state index contributed by atoms with van der Waals surface area (Å²) in [5, 5.41) is 13.0. The molecule has 0 aliphatic carbocycles. The summed E-state index contributed by atoms with van der Waals surface area (Å²) >= 11 is 0. The second kappa shape index (κ2) is 4.43. The smallest absolute Gasteiger partial charge is 0.0688 e. The van der Waals surface area contributed by atoms with Crippen LogP contribution in [0.25, 0.3) is 0 Å². The van der Waals surface area contributed by atoms with E-state index in [9.17, 15) is 5.11 Å². The molecular formula is C11H25NO. The van der Waals surface area contributed by atoms with Gasteiger partial charge in [0.1, 0.15) is 0 Å². The number of aliphatic hydroxyl groups is 1. The zero-order valence-electron chi connectivity index (χ0n) is 9.94. The number of hydrogen-bond donors (Lipinski definition) is 2. The van der Waals surface area contributed by atoms with Gasteiger partial charge in [-0.2, -0.15) is 0 Å². The van der Waals surface area contributed by atoms with Crippen molar-refractivity contribution in [1.82, 2.24) is 5.32 Å². The number of hydrogen-bond acceptors (Lipinski definition) is 2. The summed E-state index contributed by atoms with van der Waals surface area (Å²) in [6, 6.07) is 0. The first-order valence-corrected chi connectivity index (χ1v) is 5.18. The SMILES string of the molecule is CCCC(C)(C)NC(C)(C)C(C)O. The second-order valence-corrected chi connectivity index (χ2v) is 5.16. The maximum atomic E-state index is 9.55. The zero-order chi connectivity index (χ0) is 10.7. The summed E-state index contributed by atoms with van der Waals surface area (Å²) in [4.78, 5) is 0. The highest BCUT2D eigenvalue weighted by Crippen LogP contribution is 2.18. The molecule has 0 aromatic rings. The summed E-state index contributed by atoms with van der Waals surface area (Å²) in [7, 11) is 0. The predicted molar refractivity (Wildman–Crippen MR) is 57.9 cm³/mol. The lowest BCUT2D eigenvalue weighted by Gasteiger charge is -2.39. The Labute approximate surface area is 82.7 Å². The third kappa shape index (κ3) is 4.63. The molecule has 0 radical (unpaired) electrons. The highest BCUT2D eigenvalue weighted by Gasteiger charge is 2.30. The van der Waals surface area contributed by atoms with Gasteiger partial charge in [-0.3, -0.25) is 0 Å². The summed E-state index contributed by atoms with van der Waals surface area (Å²) in [5.74, 6) is 0. The van der Waals surface area contributed by atoms with Crippen LogP contribution in [0.15, 0.2) is 0 Å². The van der Waals surface area contributed by atoms with Crippen LogP contribution in [0.2, 0.25) is 0 Å². The fourth-order valence-electron chi connectivity index (χ4n) is 1.66. The molecule has 80 valence electrons. The van der Waals surface area contributed by atoms with Crippen LogP contribution in [0.4, 0.5) is 0 Å². The number of rotatable bonds is 5. The zero-order valence-corrected chi connectivity index (χ0v) is 9.94. The van der Waals surface area contributed by atoms with Crippen molar-refractivity contribution in [3.63, 3.8) is 0 Å². The Morgan fingerprint density at radius 3 is 2.00 bits per heavy atom. The molecule has 0 spiro atoms. The molecule has 1 atom stereocenters. The highest BCUT2D eigenvalue weighted by molar-refractivity contribution is 4.91. The van der Waals surface area contributed by atoms with E-state index in [-0.39, 0.29) is 17.2 Å². The number of aliphatic hydroxyl groups excluding tert-OH is 1. The maximum absolute atomic E-state index is 9.55. The summed E-state index contributed by atoms with van der Waals surface area (Å²) < 4.78 is 0. The van der Waals surface area contributed by atoms with E-state index in [1.165, 1.54) is 0 Å². The molecule has 0 aromatic heterocycles. The Morgan fingerprint density at radius 2 is 1.69 bits per heavy atom. The average molecular weight is 187 g/mol. The molecule has 0 rings (SSSR count). The molecule has 0 saturated heterocycles. The van der Waals surface area contributed by atoms with Crippen LogP contribution >= 0.6 is 0 Å². The molecule has 0 fully saturated rings. The van der Waals surface area contributed by atoms with Gasteiger partial charge >= 0.3 is 0 Å². The number of nitrogens with one attached hydrogen (secondary N) is 1. The van der Waals surface area contributed by atoms with Crippen LogP contribution in [0, 0.1) is 0 Å². The minimum absolute atomic E-state index is 0.106. The summed E-state index contributed by atoms with van der Waals surface area (Å²) in [6.45, 7) is 12.4. The van der Waals surface area contributed by atoms with Crippen molar-refractivity contribution in [2.24, 2.45) is 0 Å². The third-order valence-electron chi connectivity index (χ3n) is 2.58. The van der Waals surface area contributed by atoms with Crippen LogP contribution < -0.4 is 5.32 Å². The second-order valence-electron chi connectivity index (χ2n) is 5.16. The summed E-state index contributed by atoms with van der Waals surface area (Å²) in [5.41, 5.74) is -0.103. The van der Waals surface area contributed by atoms with Gasteiger partial charge in [0, 0.05) is 11.1 Å². The van der Waals surface area contributed by atoms with Crippen LogP contribution in [0.3, 0.4) is 0 Å². The molecular weight excluding hydrogens is 162 g/mol. The first-order valence-electron chi connectivity index (χ1n) is 5.18. The van der Waals surface area contributed by atoms with Crippen LogP contribution in [-0.2, 0) is 0 Å². The van der Waals surface area contributed by atoms with E-state index < -0.39 is 0 Å². The van der Waals surface area contributed by atoms with Crippen LogP contribution in [0.1, 0.15) is 54.4 Å². The molecule has 0 heterocycles. The standard InChI is InChI=1S/C11H25NO/c1-7-8-10(3,4)12-11(5,6)9(2)13/h9,12-13H,7-8H2,1-6H3. The molecule has 2 nitrogen and oxygen atoms in total. The van der Waals surface area contributed by atoms with Gasteiger partial charge in [-0.05, 0) is 41.0 Å². The van der Waals surface area contributed by atoms with Gasteiger partial charge in [0.2, 0.25) is 0 Å². The van der Waals surface area contributed by atoms with Gasteiger partial charge in [0.05, 0.1) is 6.10 Å². The van der Waals surface area contributed by atoms with E-state index in [2.05, 4.69) is 26.1 Å². The quantitative estimate of drug-likeness (QED) is 0.692. The Morgan fingerprint density at radius 1 is 1.23 bits per heavy atom. The maximum Gasteiger partial charge on any atom is 0.0688 e. The van der Waals surface area contributed by atoms with Crippen molar-refractivity contribution in [2.45, 2.75) is 71.6 Å². The molecule has 0 amide bonds. The van der Waals surface area contributed by atoms with Crippen LogP contribution in [0.5, 0.6) is 0 Å². The molecule has 0 aliphatic heterocycles. The summed E-state index contributed by atoms with van der Waals surface area (Å²) in [6.07, 6.45) is 1.96. The fourth-order valence-corrected chi connectivity index (χ4v) is 1.66. The Hall–Kier alpha value is -0.0800. The Kier molecular flexibility index (Phi) is 4.40. The highest BCUT2D eigenvalue weighted by atomic mass is 16.3. The topological polar surface area (TPSA) is 32.3 Å². The predicted octanol–water partition coefficient (Wildman–Crippen LogP) is 2.31. The van der Waals surface area contributed by atoms with Crippen molar-refractivity contribution in [3.8, 4) is 0 Å². The van der Waals surface area contributed by atoms with Gasteiger partial charge in [-0.1, -0.05) is 13.3 Å². The van der Waals surface area contributed by atoms with Crippen molar-refractivity contribution in [1.29, 1.82) is 0 Å². The van der Waals surface area contributed by atoms with E-state index in [1.54, 1.807) is 0 Å². The van der Waals surface area contributed by atoms with Crippen molar-refractivity contribution >= 4 is 0 Å². The fraction of sp³-hybridized carbons (Fsp3) is 1.00. The van der Waals surface area contributed by atoms with Gasteiger partial charge < -0.3 is 10.4 Å². The van der Waals surface area contributed by atoms with E-state index in [1.807, 2.05) is 20.8 Å². The Bertz CT molecular complexity index is 150. The molecule has 0 bridgehead atoms. The lowest BCUT2D eigenvalue weighted by atomic mass is 9.90. The van der Waals surface area contributed by atoms with Crippen molar-refractivity contribution in [2.75, 3.05) is 0 Å². The lowest BCUT2D eigenvalue weighted by Crippen LogP contribution is -2.57. The average Bonchev–Trinajstić information content (AvgIpc) is 1.83. The molecule has 1 unspecified atom stereocenters. The van der Waals surface area contributed by atoms with E-state index in [0.29, 0.717) is 0 Å². The Balaban J connectivity index is 4.24. The van der Waals surface area contributed by atoms with Crippen molar-refractivity contribution in [3.05, 3.63) is 0 Å². The van der Waals surface area contributed by atoms with Crippen LogP contribution in [-0.4, -0.2) is 22.3 Å². The normalized spacial score (nSPS) is 15.9. The van der Waals surface area contributed by atoms with Gasteiger partial charge in [-0.25, -0.2) is 0 Å². The monoisotopic (exact) mass is 187 g/mol. The van der Waals surface area contributed by atoms with E-state index >= 15 is 0 Å². The van der Waals surface area contributed by atoms with E-state index in [4.69, 9.17) is 0 Å². The first-order chi connectivity index (χ1) is 5.71. The van der Waals surface area contributed by atoms with Gasteiger partial charge in [0.25, 0.3) is 0 Å². The molecule has 2 N–H and O–H groups in total. The first kappa shape index (κ1) is 12.9. The molecule has 13 heavy (non-hydrogen) atoms. The molecule has 2 heteroatoms. The molecule has 0 aromatic carbocycles. The molecule has 0 aliphatic rings.